The van der Waals surface area contributed by atoms with Crippen molar-refractivity contribution in [1.82, 2.24) is 4.98 Å². The summed E-state index contributed by atoms with van der Waals surface area (Å²) in [6.45, 7) is 1.85. The van der Waals surface area contributed by atoms with Crippen molar-refractivity contribution in [3.05, 3.63) is 59.5 Å². The third-order valence-electron chi connectivity index (χ3n) is 4.26. The minimum Gasteiger partial charge on any atom is -0.508 e. The molecule has 0 saturated heterocycles. The molecule has 0 spiro atoms. The number of aromatic amines is 1. The Morgan fingerprint density at radius 3 is 2.83 bits per heavy atom. The van der Waals surface area contributed by atoms with Gasteiger partial charge < -0.3 is 19.6 Å². The monoisotopic (exact) mass is 321 g/mol. The van der Waals surface area contributed by atoms with Crippen molar-refractivity contribution in [2.45, 2.75) is 6.92 Å². The molecular weight excluding hydrogens is 306 g/mol. The number of phenolic OH excluding ortho intramolecular Hbond substituents is 1. The van der Waals surface area contributed by atoms with Crippen LogP contribution in [0.15, 0.2) is 48.4 Å². The van der Waals surface area contributed by atoms with Crippen molar-refractivity contribution in [3.63, 3.8) is 0 Å². The van der Waals surface area contributed by atoms with Crippen LogP contribution in [0.1, 0.15) is 22.8 Å². The fourth-order valence-electron chi connectivity index (χ4n) is 2.97. The molecule has 5 heteroatoms. The maximum Gasteiger partial charge on any atom is 0.232 e. The molecule has 2 N–H and O–H groups in total. The normalized spacial score (nSPS) is 15.3. The zero-order valence-corrected chi connectivity index (χ0v) is 13.2. The van der Waals surface area contributed by atoms with E-state index in [2.05, 4.69) is 4.98 Å². The number of rotatable bonds is 2. The van der Waals surface area contributed by atoms with Gasteiger partial charge in [-0.05, 0) is 37.3 Å². The lowest BCUT2D eigenvalue weighted by Gasteiger charge is -2.05. The number of ketones is 1. The quantitative estimate of drug-likeness (QED) is 0.703. The SMILES string of the molecule is COc1ccc2[nH]cc(C(C)=C3Oc4cc(O)ccc4C3=O)c2c1. The maximum absolute atomic E-state index is 12.6. The number of hydrogen-bond acceptors (Lipinski definition) is 4. The average Bonchev–Trinajstić information content (AvgIpc) is 3.14. The van der Waals surface area contributed by atoms with Crippen LogP contribution in [-0.4, -0.2) is 23.0 Å². The molecule has 1 aliphatic heterocycles. The number of allylic oxidation sites excluding steroid dienone is 2. The third-order valence-corrected chi connectivity index (χ3v) is 4.26. The first-order chi connectivity index (χ1) is 11.6. The van der Waals surface area contributed by atoms with Crippen molar-refractivity contribution in [1.29, 1.82) is 0 Å². The number of methoxy groups -OCH3 is 1. The molecule has 24 heavy (non-hydrogen) atoms. The summed E-state index contributed by atoms with van der Waals surface area (Å²) in [5, 5.41) is 10.5. The van der Waals surface area contributed by atoms with Gasteiger partial charge in [-0.15, -0.1) is 0 Å². The van der Waals surface area contributed by atoms with Gasteiger partial charge in [0.15, 0.2) is 5.76 Å². The highest BCUT2D eigenvalue weighted by Gasteiger charge is 2.30. The predicted molar refractivity (Wildman–Crippen MR) is 90.5 cm³/mol. The number of fused-ring (bicyclic) bond motifs is 2. The first-order valence-electron chi connectivity index (χ1n) is 7.50. The van der Waals surface area contributed by atoms with E-state index in [1.54, 1.807) is 13.2 Å². The van der Waals surface area contributed by atoms with Crippen LogP contribution in [0.2, 0.25) is 0 Å². The first-order valence-corrected chi connectivity index (χ1v) is 7.50. The Morgan fingerprint density at radius 1 is 1.21 bits per heavy atom. The maximum atomic E-state index is 12.6. The molecule has 4 rings (SSSR count). The van der Waals surface area contributed by atoms with Crippen LogP contribution in [-0.2, 0) is 0 Å². The van der Waals surface area contributed by atoms with Gasteiger partial charge in [-0.2, -0.15) is 0 Å². The number of benzene rings is 2. The lowest BCUT2D eigenvalue weighted by atomic mass is 10.0. The molecule has 120 valence electrons. The molecule has 0 saturated carbocycles. The van der Waals surface area contributed by atoms with Crippen LogP contribution in [0.4, 0.5) is 0 Å². The number of hydrogen-bond donors (Lipinski definition) is 2. The molecule has 3 aromatic rings. The van der Waals surface area contributed by atoms with E-state index in [4.69, 9.17) is 9.47 Å². The molecule has 0 radical (unpaired) electrons. The summed E-state index contributed by atoms with van der Waals surface area (Å²) in [5.41, 5.74) is 3.02. The Labute approximate surface area is 138 Å². The minimum absolute atomic E-state index is 0.0669. The molecule has 0 unspecified atom stereocenters. The summed E-state index contributed by atoms with van der Waals surface area (Å²) in [6.07, 6.45) is 1.85. The van der Waals surface area contributed by atoms with Crippen LogP contribution in [0.25, 0.3) is 16.5 Å². The van der Waals surface area contributed by atoms with Crippen molar-refractivity contribution in [2.75, 3.05) is 7.11 Å². The second-order valence-electron chi connectivity index (χ2n) is 5.68. The van der Waals surface area contributed by atoms with Crippen molar-refractivity contribution in [3.8, 4) is 17.2 Å². The van der Waals surface area contributed by atoms with E-state index >= 15 is 0 Å². The third kappa shape index (κ3) is 2.06. The summed E-state index contributed by atoms with van der Waals surface area (Å²) >= 11 is 0. The van der Waals surface area contributed by atoms with E-state index < -0.39 is 0 Å². The van der Waals surface area contributed by atoms with E-state index in [9.17, 15) is 9.90 Å². The largest absolute Gasteiger partial charge is 0.508 e. The summed E-state index contributed by atoms with van der Waals surface area (Å²) in [7, 11) is 1.62. The number of aromatic hydroxyl groups is 1. The first kappa shape index (κ1) is 14.4. The Hall–Kier alpha value is -3.21. The number of Topliss-reactive ketones (excluding diaryl/α,β-unsaturated/α-hetero) is 1. The summed E-state index contributed by atoms with van der Waals surface area (Å²) < 4.78 is 11.0. The molecule has 5 nitrogen and oxygen atoms in total. The highest BCUT2D eigenvalue weighted by molar-refractivity contribution is 6.17. The Bertz CT molecular complexity index is 1010. The molecular formula is C19H15NO4. The van der Waals surface area contributed by atoms with Gasteiger partial charge in [-0.25, -0.2) is 0 Å². The second-order valence-corrected chi connectivity index (χ2v) is 5.68. The van der Waals surface area contributed by atoms with Gasteiger partial charge in [-0.3, -0.25) is 4.79 Å². The number of carbonyl (C=O) groups excluding carboxylic acids is 1. The summed E-state index contributed by atoms with van der Waals surface area (Å²) in [4.78, 5) is 15.8. The molecule has 0 fully saturated rings. The molecule has 1 aromatic heterocycles. The van der Waals surface area contributed by atoms with E-state index in [1.165, 1.54) is 12.1 Å². The molecule has 2 heterocycles. The van der Waals surface area contributed by atoms with E-state index in [-0.39, 0.29) is 17.3 Å². The van der Waals surface area contributed by atoms with Gasteiger partial charge in [0, 0.05) is 34.3 Å². The van der Waals surface area contributed by atoms with Crippen LogP contribution in [0, 0.1) is 0 Å². The van der Waals surface area contributed by atoms with Gasteiger partial charge in [0.2, 0.25) is 5.78 Å². The number of phenols is 1. The van der Waals surface area contributed by atoms with Gasteiger partial charge in [0.1, 0.15) is 17.2 Å². The van der Waals surface area contributed by atoms with Gasteiger partial charge in [0.05, 0.1) is 12.7 Å². The van der Waals surface area contributed by atoms with E-state index in [0.717, 1.165) is 27.8 Å². The predicted octanol–water partition coefficient (Wildman–Crippen LogP) is 3.89. The molecule has 0 amide bonds. The Morgan fingerprint density at radius 2 is 2.04 bits per heavy atom. The lowest BCUT2D eigenvalue weighted by Crippen LogP contribution is -2.01. The lowest BCUT2D eigenvalue weighted by molar-refractivity contribution is 0.101. The number of aromatic nitrogens is 1. The highest BCUT2D eigenvalue weighted by Crippen LogP contribution is 2.38. The average molecular weight is 321 g/mol. The fourth-order valence-corrected chi connectivity index (χ4v) is 2.97. The molecule has 0 aliphatic carbocycles. The van der Waals surface area contributed by atoms with Crippen molar-refractivity contribution < 1.29 is 19.4 Å². The van der Waals surface area contributed by atoms with Gasteiger partial charge >= 0.3 is 0 Å². The fraction of sp³-hybridized carbons (Fsp3) is 0.105. The van der Waals surface area contributed by atoms with E-state index in [1.807, 2.05) is 31.3 Å². The smallest absolute Gasteiger partial charge is 0.232 e. The zero-order valence-electron chi connectivity index (χ0n) is 13.2. The van der Waals surface area contributed by atoms with Crippen LogP contribution >= 0.6 is 0 Å². The van der Waals surface area contributed by atoms with Crippen molar-refractivity contribution >= 4 is 22.3 Å². The topological polar surface area (TPSA) is 71.6 Å². The van der Waals surface area contributed by atoms with Crippen LogP contribution in [0.5, 0.6) is 17.2 Å². The van der Waals surface area contributed by atoms with E-state index in [0.29, 0.717) is 11.3 Å². The Balaban J connectivity index is 1.86. The van der Waals surface area contributed by atoms with Crippen LogP contribution in [0.3, 0.4) is 0 Å². The van der Waals surface area contributed by atoms with Crippen LogP contribution < -0.4 is 9.47 Å². The zero-order chi connectivity index (χ0) is 16.8. The van der Waals surface area contributed by atoms with Gasteiger partial charge in [0.25, 0.3) is 0 Å². The number of carbonyl (C=O) groups is 1. The number of H-pyrrole nitrogens is 1. The van der Waals surface area contributed by atoms with Crippen molar-refractivity contribution in [2.24, 2.45) is 0 Å². The molecule has 0 bridgehead atoms. The summed E-state index contributed by atoms with van der Waals surface area (Å²) in [6, 6.07) is 10.2. The van der Waals surface area contributed by atoms with Gasteiger partial charge in [-0.1, -0.05) is 0 Å². The highest BCUT2D eigenvalue weighted by atomic mass is 16.5. The molecule has 1 aliphatic rings. The standard InChI is InChI=1S/C19H15NO4/c1-10(15-9-20-16-6-4-12(23-2)8-14(15)16)19-18(22)13-5-3-11(21)7-17(13)24-19/h3-9,20-21H,1-2H3. The summed E-state index contributed by atoms with van der Waals surface area (Å²) in [5.74, 6) is 1.29. The number of ether oxygens (including phenoxy) is 2. The number of nitrogens with one attached hydrogen (secondary N) is 1. The minimum atomic E-state index is -0.181. The molecule has 0 atom stereocenters. The second kappa shape index (κ2) is 5.16. The molecule has 2 aromatic carbocycles. The Kier molecular flexibility index (Phi) is 3.09.